The van der Waals surface area contributed by atoms with Gasteiger partial charge in [-0.1, -0.05) is 13.8 Å². The van der Waals surface area contributed by atoms with E-state index in [4.69, 9.17) is 5.73 Å². The molecule has 82 valence electrons. The SMILES string of the molecule is CCC(NC1CCC(C)CC1)C(N)=O. The number of hydrogen-bond donors (Lipinski definition) is 2. The van der Waals surface area contributed by atoms with Crippen LogP contribution in [0.15, 0.2) is 0 Å². The first-order chi connectivity index (χ1) is 6.63. The summed E-state index contributed by atoms with van der Waals surface area (Å²) >= 11 is 0. The molecule has 0 aromatic carbocycles. The van der Waals surface area contributed by atoms with Crippen LogP contribution in [0.4, 0.5) is 0 Å². The lowest BCUT2D eigenvalue weighted by Crippen LogP contribution is -2.47. The monoisotopic (exact) mass is 198 g/mol. The summed E-state index contributed by atoms with van der Waals surface area (Å²) in [5.74, 6) is 0.632. The van der Waals surface area contributed by atoms with Crippen LogP contribution in [0.5, 0.6) is 0 Å². The molecule has 0 aliphatic heterocycles. The number of nitrogens with one attached hydrogen (secondary N) is 1. The molecule has 3 nitrogen and oxygen atoms in total. The quantitative estimate of drug-likeness (QED) is 0.717. The summed E-state index contributed by atoms with van der Waals surface area (Å²) in [4.78, 5) is 11.0. The lowest BCUT2D eigenvalue weighted by Gasteiger charge is -2.29. The first-order valence-electron chi connectivity index (χ1n) is 5.68. The molecular formula is C11H22N2O. The van der Waals surface area contributed by atoms with Crippen molar-refractivity contribution in [3.8, 4) is 0 Å². The summed E-state index contributed by atoms with van der Waals surface area (Å²) in [7, 11) is 0. The van der Waals surface area contributed by atoms with E-state index in [0.29, 0.717) is 6.04 Å². The van der Waals surface area contributed by atoms with Crippen LogP contribution in [0.25, 0.3) is 0 Å². The Morgan fingerprint density at radius 1 is 1.43 bits per heavy atom. The van der Waals surface area contributed by atoms with E-state index >= 15 is 0 Å². The van der Waals surface area contributed by atoms with Crippen LogP contribution in [0.2, 0.25) is 0 Å². The van der Waals surface area contributed by atoms with Crippen molar-refractivity contribution in [2.45, 2.75) is 58.0 Å². The van der Waals surface area contributed by atoms with Crippen molar-refractivity contribution in [2.24, 2.45) is 11.7 Å². The highest BCUT2D eigenvalue weighted by molar-refractivity contribution is 5.79. The lowest BCUT2D eigenvalue weighted by molar-refractivity contribution is -0.120. The van der Waals surface area contributed by atoms with Gasteiger partial charge in [-0.15, -0.1) is 0 Å². The summed E-state index contributed by atoms with van der Waals surface area (Å²) in [6.45, 7) is 4.29. The topological polar surface area (TPSA) is 55.1 Å². The van der Waals surface area contributed by atoms with Crippen molar-refractivity contribution in [3.63, 3.8) is 0 Å². The Morgan fingerprint density at radius 2 is 2.00 bits per heavy atom. The van der Waals surface area contributed by atoms with Gasteiger partial charge in [0.15, 0.2) is 0 Å². The minimum Gasteiger partial charge on any atom is -0.368 e. The Hall–Kier alpha value is -0.570. The number of rotatable bonds is 4. The fourth-order valence-electron chi connectivity index (χ4n) is 2.11. The Bertz CT molecular complexity index is 186. The Kier molecular flexibility index (Phi) is 4.39. The normalized spacial score (nSPS) is 29.9. The first kappa shape index (κ1) is 11.5. The highest BCUT2D eigenvalue weighted by Gasteiger charge is 2.22. The molecule has 14 heavy (non-hydrogen) atoms. The molecule has 1 fully saturated rings. The van der Waals surface area contributed by atoms with Gasteiger partial charge in [0.25, 0.3) is 0 Å². The summed E-state index contributed by atoms with van der Waals surface area (Å²) < 4.78 is 0. The molecule has 3 N–H and O–H groups in total. The molecule has 1 rings (SSSR count). The Morgan fingerprint density at radius 3 is 2.43 bits per heavy atom. The molecule has 0 saturated heterocycles. The number of carbonyl (C=O) groups is 1. The number of hydrogen-bond acceptors (Lipinski definition) is 2. The third kappa shape index (κ3) is 3.29. The summed E-state index contributed by atoms with van der Waals surface area (Å²) in [6.07, 6.45) is 5.71. The number of amides is 1. The number of primary amides is 1. The van der Waals surface area contributed by atoms with Gasteiger partial charge >= 0.3 is 0 Å². The average molecular weight is 198 g/mol. The van der Waals surface area contributed by atoms with Crippen molar-refractivity contribution in [1.29, 1.82) is 0 Å². The maximum atomic E-state index is 11.0. The van der Waals surface area contributed by atoms with Crippen molar-refractivity contribution >= 4 is 5.91 Å². The average Bonchev–Trinajstić information content (AvgIpc) is 2.16. The fraction of sp³-hybridized carbons (Fsp3) is 0.909. The van der Waals surface area contributed by atoms with Crippen molar-refractivity contribution < 1.29 is 4.79 Å². The standard InChI is InChI=1S/C11H22N2O/c1-3-10(11(12)14)13-9-6-4-8(2)5-7-9/h8-10,13H,3-7H2,1-2H3,(H2,12,14). The van der Waals surface area contributed by atoms with Gasteiger partial charge in [0.05, 0.1) is 6.04 Å². The highest BCUT2D eigenvalue weighted by Crippen LogP contribution is 2.23. The molecule has 0 bridgehead atoms. The predicted octanol–water partition coefficient (Wildman–Crippen LogP) is 1.42. The molecule has 1 atom stereocenters. The largest absolute Gasteiger partial charge is 0.368 e. The summed E-state index contributed by atoms with van der Waals surface area (Å²) in [6, 6.07) is 0.372. The molecule has 0 aromatic heterocycles. The minimum atomic E-state index is -0.217. The van der Waals surface area contributed by atoms with E-state index in [1.807, 2.05) is 6.92 Å². The van der Waals surface area contributed by atoms with Gasteiger partial charge in [0.1, 0.15) is 0 Å². The second kappa shape index (κ2) is 5.35. The van der Waals surface area contributed by atoms with Crippen LogP contribution < -0.4 is 11.1 Å². The van der Waals surface area contributed by atoms with Gasteiger partial charge in [-0.25, -0.2) is 0 Å². The van der Waals surface area contributed by atoms with Crippen LogP contribution in [0.3, 0.4) is 0 Å². The third-order valence-electron chi connectivity index (χ3n) is 3.20. The van der Waals surface area contributed by atoms with E-state index in [0.717, 1.165) is 12.3 Å². The Labute approximate surface area is 86.4 Å². The maximum Gasteiger partial charge on any atom is 0.234 e. The van der Waals surface area contributed by atoms with Gasteiger partial charge in [-0.2, -0.15) is 0 Å². The highest BCUT2D eigenvalue weighted by atomic mass is 16.1. The van der Waals surface area contributed by atoms with Gasteiger partial charge in [-0.3, -0.25) is 4.79 Å². The molecule has 0 radical (unpaired) electrons. The van der Waals surface area contributed by atoms with Crippen LogP contribution in [-0.2, 0) is 4.79 Å². The van der Waals surface area contributed by atoms with Crippen LogP contribution in [0, 0.1) is 5.92 Å². The van der Waals surface area contributed by atoms with E-state index in [-0.39, 0.29) is 11.9 Å². The van der Waals surface area contributed by atoms with Gasteiger partial charge in [0, 0.05) is 6.04 Å². The van der Waals surface area contributed by atoms with E-state index < -0.39 is 0 Å². The maximum absolute atomic E-state index is 11.0. The third-order valence-corrected chi connectivity index (χ3v) is 3.20. The van der Waals surface area contributed by atoms with E-state index in [1.54, 1.807) is 0 Å². The second-order valence-electron chi connectivity index (χ2n) is 4.49. The van der Waals surface area contributed by atoms with E-state index in [9.17, 15) is 4.79 Å². The zero-order valence-corrected chi connectivity index (χ0v) is 9.25. The molecular weight excluding hydrogens is 176 g/mol. The minimum absolute atomic E-state index is 0.131. The molecule has 0 aromatic rings. The van der Waals surface area contributed by atoms with E-state index in [2.05, 4.69) is 12.2 Å². The molecule has 1 aliphatic rings. The molecule has 1 amide bonds. The van der Waals surface area contributed by atoms with Crippen molar-refractivity contribution in [3.05, 3.63) is 0 Å². The smallest absolute Gasteiger partial charge is 0.234 e. The zero-order chi connectivity index (χ0) is 10.6. The van der Waals surface area contributed by atoms with Crippen molar-refractivity contribution in [1.82, 2.24) is 5.32 Å². The van der Waals surface area contributed by atoms with Crippen LogP contribution in [0.1, 0.15) is 46.0 Å². The van der Waals surface area contributed by atoms with E-state index in [1.165, 1.54) is 25.7 Å². The molecule has 0 spiro atoms. The summed E-state index contributed by atoms with van der Waals surface area (Å²) in [5, 5.41) is 3.35. The summed E-state index contributed by atoms with van der Waals surface area (Å²) in [5.41, 5.74) is 5.29. The van der Waals surface area contributed by atoms with Crippen LogP contribution in [-0.4, -0.2) is 18.0 Å². The number of nitrogens with two attached hydrogens (primary N) is 1. The first-order valence-corrected chi connectivity index (χ1v) is 5.68. The zero-order valence-electron chi connectivity index (χ0n) is 9.25. The fourth-order valence-corrected chi connectivity index (χ4v) is 2.11. The molecule has 1 aliphatic carbocycles. The molecule has 3 heteroatoms. The predicted molar refractivity (Wildman–Crippen MR) is 57.8 cm³/mol. The van der Waals surface area contributed by atoms with Crippen molar-refractivity contribution in [2.75, 3.05) is 0 Å². The van der Waals surface area contributed by atoms with Gasteiger partial charge in [0.2, 0.25) is 5.91 Å². The number of carbonyl (C=O) groups excluding carboxylic acids is 1. The lowest BCUT2D eigenvalue weighted by atomic mass is 9.87. The second-order valence-corrected chi connectivity index (χ2v) is 4.49. The van der Waals surface area contributed by atoms with Crippen LogP contribution >= 0.6 is 0 Å². The molecule has 1 saturated carbocycles. The Balaban J connectivity index is 2.32. The molecule has 0 heterocycles. The molecule has 1 unspecified atom stereocenters. The van der Waals surface area contributed by atoms with Gasteiger partial charge < -0.3 is 11.1 Å². The van der Waals surface area contributed by atoms with Gasteiger partial charge in [-0.05, 0) is 38.0 Å².